The molecule has 17 heavy (non-hydrogen) atoms. The molecule has 0 spiro atoms. The van der Waals surface area contributed by atoms with Gasteiger partial charge in [-0.1, -0.05) is 22.6 Å². The highest BCUT2D eigenvalue weighted by Crippen LogP contribution is 2.22. The highest BCUT2D eigenvalue weighted by Gasteiger charge is 2.42. The van der Waals surface area contributed by atoms with Gasteiger partial charge in [-0.15, -0.1) is 0 Å². The lowest BCUT2D eigenvalue weighted by Crippen LogP contribution is -2.53. The van der Waals surface area contributed by atoms with Gasteiger partial charge in [-0.05, 0) is 50.1 Å². The highest BCUT2D eigenvalue weighted by atomic mass is 127. The standard InChI is InChI=1S/C9H24IO3Si4/c1-14(2)11-17(9-7-8-10,12-15(3)4)13-16(5)6/h7-9H2,1-6H3. The van der Waals surface area contributed by atoms with Crippen LogP contribution in [0.2, 0.25) is 45.3 Å². The van der Waals surface area contributed by atoms with Gasteiger partial charge >= 0.3 is 8.80 Å². The van der Waals surface area contributed by atoms with Crippen LogP contribution in [0.1, 0.15) is 6.42 Å². The molecule has 0 rings (SSSR count). The summed E-state index contributed by atoms with van der Waals surface area (Å²) in [5.74, 6) is 0. The van der Waals surface area contributed by atoms with Crippen LogP contribution in [0.5, 0.6) is 0 Å². The van der Waals surface area contributed by atoms with Crippen molar-refractivity contribution in [2.45, 2.75) is 51.7 Å². The Kier molecular flexibility index (Phi) is 10.2. The third-order valence-electron chi connectivity index (χ3n) is 1.70. The van der Waals surface area contributed by atoms with E-state index in [1.165, 1.54) is 0 Å². The van der Waals surface area contributed by atoms with Crippen LogP contribution in [0.3, 0.4) is 0 Å². The SMILES string of the molecule is C[Si](C)O[Si](CCCI)(O[Si](C)C)O[Si](C)C. The Morgan fingerprint density at radius 1 is 0.824 bits per heavy atom. The lowest BCUT2D eigenvalue weighted by molar-refractivity contribution is 0.268. The zero-order chi connectivity index (χ0) is 13.5. The van der Waals surface area contributed by atoms with Crippen molar-refractivity contribution in [1.29, 1.82) is 0 Å². The van der Waals surface area contributed by atoms with E-state index >= 15 is 0 Å². The topological polar surface area (TPSA) is 27.7 Å². The zero-order valence-corrected chi connectivity index (χ0v) is 17.9. The number of halogens is 1. The van der Waals surface area contributed by atoms with Crippen LogP contribution in [0, 0.1) is 0 Å². The van der Waals surface area contributed by atoms with Crippen LogP contribution in [-0.4, -0.2) is 40.4 Å². The molecule has 0 aliphatic carbocycles. The van der Waals surface area contributed by atoms with Crippen molar-refractivity contribution in [3.63, 3.8) is 0 Å². The summed E-state index contributed by atoms with van der Waals surface area (Å²) in [6, 6.07) is 0.984. The molecule has 0 aliphatic heterocycles. The quantitative estimate of drug-likeness (QED) is 0.325. The van der Waals surface area contributed by atoms with Crippen molar-refractivity contribution in [3.05, 3.63) is 0 Å². The van der Waals surface area contributed by atoms with Crippen LogP contribution < -0.4 is 0 Å². The molecule has 0 unspecified atom stereocenters. The predicted octanol–water partition coefficient (Wildman–Crippen LogP) is 3.55. The van der Waals surface area contributed by atoms with Gasteiger partial charge in [0.15, 0.2) is 27.1 Å². The number of hydrogen-bond donors (Lipinski definition) is 0. The predicted molar refractivity (Wildman–Crippen MR) is 89.8 cm³/mol. The van der Waals surface area contributed by atoms with Gasteiger partial charge in [0.2, 0.25) is 0 Å². The molecule has 0 aromatic rings. The lowest BCUT2D eigenvalue weighted by atomic mass is 10.6. The molecule has 0 N–H and O–H groups in total. The van der Waals surface area contributed by atoms with Gasteiger partial charge in [0.05, 0.1) is 0 Å². The first-order valence-corrected chi connectivity index (χ1v) is 16.5. The summed E-state index contributed by atoms with van der Waals surface area (Å²) in [4.78, 5) is 0. The maximum absolute atomic E-state index is 6.21. The summed E-state index contributed by atoms with van der Waals surface area (Å²) in [6.07, 6.45) is 1.13. The largest absolute Gasteiger partial charge is 0.469 e. The van der Waals surface area contributed by atoms with Crippen LogP contribution >= 0.6 is 22.6 Å². The Hall–Kier alpha value is 1.48. The van der Waals surface area contributed by atoms with Crippen LogP contribution in [0.4, 0.5) is 0 Å². The second kappa shape index (κ2) is 9.39. The van der Waals surface area contributed by atoms with E-state index in [4.69, 9.17) is 12.3 Å². The Morgan fingerprint density at radius 2 is 1.18 bits per heavy atom. The van der Waals surface area contributed by atoms with E-state index in [2.05, 4.69) is 61.9 Å². The Balaban J connectivity index is 4.76. The molecular weight excluding hydrogens is 395 g/mol. The fourth-order valence-electron chi connectivity index (χ4n) is 1.43. The van der Waals surface area contributed by atoms with Crippen LogP contribution in [-0.2, 0) is 12.3 Å². The van der Waals surface area contributed by atoms with Crippen molar-refractivity contribution < 1.29 is 12.3 Å². The fraction of sp³-hybridized carbons (Fsp3) is 1.00. The normalized spacial score (nSPS) is 13.1. The molecule has 0 amide bonds. The van der Waals surface area contributed by atoms with E-state index in [1.807, 2.05) is 0 Å². The number of rotatable bonds is 9. The maximum Gasteiger partial charge on any atom is 0.469 e. The smallest absolute Gasteiger partial charge is 0.416 e. The molecule has 0 fully saturated rings. The van der Waals surface area contributed by atoms with Gasteiger partial charge in [0.25, 0.3) is 0 Å². The second-order valence-electron chi connectivity index (χ2n) is 4.51. The Morgan fingerprint density at radius 3 is 1.41 bits per heavy atom. The van der Waals surface area contributed by atoms with Crippen molar-refractivity contribution in [2.24, 2.45) is 0 Å². The molecule has 0 atom stereocenters. The molecule has 0 aliphatic rings. The average Bonchev–Trinajstić information content (AvgIpc) is 2.11. The van der Waals surface area contributed by atoms with Crippen LogP contribution in [0.15, 0.2) is 0 Å². The summed E-state index contributed by atoms with van der Waals surface area (Å²) < 4.78 is 19.8. The first-order chi connectivity index (χ1) is 7.81. The van der Waals surface area contributed by atoms with Crippen LogP contribution in [0.25, 0.3) is 0 Å². The molecule has 0 saturated carbocycles. The minimum atomic E-state index is -2.37. The van der Waals surface area contributed by atoms with E-state index < -0.39 is 35.9 Å². The van der Waals surface area contributed by atoms with Gasteiger partial charge < -0.3 is 12.3 Å². The van der Waals surface area contributed by atoms with Crippen molar-refractivity contribution >= 4 is 58.5 Å². The van der Waals surface area contributed by atoms with Crippen molar-refractivity contribution in [2.75, 3.05) is 4.43 Å². The average molecular weight is 420 g/mol. The highest BCUT2D eigenvalue weighted by molar-refractivity contribution is 14.1. The van der Waals surface area contributed by atoms with E-state index in [0.717, 1.165) is 16.9 Å². The van der Waals surface area contributed by atoms with E-state index in [0.29, 0.717) is 0 Å². The number of alkyl halides is 1. The summed E-state index contributed by atoms with van der Waals surface area (Å²) in [5.41, 5.74) is 0. The minimum absolute atomic E-state index is 0.769. The molecule has 0 saturated heterocycles. The summed E-state index contributed by atoms with van der Waals surface area (Å²) in [7, 11) is -4.68. The molecule has 0 bridgehead atoms. The minimum Gasteiger partial charge on any atom is -0.416 e. The number of hydrogen-bond acceptors (Lipinski definition) is 3. The molecule has 3 radical (unpaired) electrons. The van der Waals surface area contributed by atoms with E-state index in [1.54, 1.807) is 0 Å². The first-order valence-electron chi connectivity index (χ1n) is 5.85. The summed E-state index contributed by atoms with van der Waals surface area (Å²) in [5, 5.41) is 0. The van der Waals surface area contributed by atoms with Gasteiger partial charge in [-0.3, -0.25) is 0 Å². The van der Waals surface area contributed by atoms with Gasteiger partial charge in [0.1, 0.15) is 0 Å². The molecule has 8 heteroatoms. The van der Waals surface area contributed by atoms with E-state index in [-0.39, 0.29) is 0 Å². The molecule has 3 nitrogen and oxygen atoms in total. The maximum atomic E-state index is 6.21. The molecular formula is C9H24IO3Si4. The van der Waals surface area contributed by atoms with Gasteiger partial charge in [-0.2, -0.15) is 0 Å². The molecule has 0 aromatic heterocycles. The Bertz CT molecular complexity index is 178. The third-order valence-corrected chi connectivity index (χ3v) is 12.1. The van der Waals surface area contributed by atoms with Gasteiger partial charge in [0, 0.05) is 6.04 Å². The summed E-state index contributed by atoms with van der Waals surface area (Å²) in [6.45, 7) is 13.0. The van der Waals surface area contributed by atoms with Gasteiger partial charge in [-0.25, -0.2) is 0 Å². The second-order valence-corrected chi connectivity index (χ2v) is 15.4. The first kappa shape index (κ1) is 18.5. The summed E-state index contributed by atoms with van der Waals surface area (Å²) >= 11 is 2.41. The molecule has 0 heterocycles. The van der Waals surface area contributed by atoms with E-state index in [9.17, 15) is 0 Å². The van der Waals surface area contributed by atoms with Crippen molar-refractivity contribution in [1.82, 2.24) is 0 Å². The monoisotopic (exact) mass is 419 g/mol. The molecule has 101 valence electrons. The lowest BCUT2D eigenvalue weighted by Gasteiger charge is -2.34. The molecule has 0 aromatic carbocycles. The third kappa shape index (κ3) is 9.08. The Labute approximate surface area is 126 Å². The zero-order valence-electron chi connectivity index (χ0n) is 11.7. The fourth-order valence-corrected chi connectivity index (χ4v) is 13.5. The van der Waals surface area contributed by atoms with Crippen molar-refractivity contribution in [3.8, 4) is 0 Å².